The van der Waals surface area contributed by atoms with E-state index >= 15 is 0 Å². The lowest BCUT2D eigenvalue weighted by Crippen LogP contribution is -2.42. The van der Waals surface area contributed by atoms with E-state index in [4.69, 9.17) is 15.2 Å². The Morgan fingerprint density at radius 2 is 2.00 bits per heavy atom. The zero-order valence-corrected chi connectivity index (χ0v) is 19.7. The van der Waals surface area contributed by atoms with Crippen molar-refractivity contribution in [3.8, 4) is 11.8 Å². The highest BCUT2D eigenvalue weighted by Gasteiger charge is 2.47. The molecule has 0 aromatic carbocycles. The summed E-state index contributed by atoms with van der Waals surface area (Å²) in [5.41, 5.74) is 6.63. The maximum absolute atomic E-state index is 12.2. The number of anilines is 1. The molecule has 0 bridgehead atoms. The molecule has 35 heavy (non-hydrogen) atoms. The Kier molecular flexibility index (Phi) is 7.49. The number of nitrogen functional groups attached to an aromatic ring is 1. The first kappa shape index (κ1) is 24.8. The van der Waals surface area contributed by atoms with Crippen molar-refractivity contribution in [2.24, 2.45) is 11.8 Å². The van der Waals surface area contributed by atoms with Crippen molar-refractivity contribution >= 4 is 28.9 Å². The van der Waals surface area contributed by atoms with Crippen LogP contribution in [0.1, 0.15) is 51.1 Å². The lowest BCUT2D eigenvalue weighted by molar-refractivity contribution is -0.146. The van der Waals surface area contributed by atoms with Gasteiger partial charge in [-0.3, -0.25) is 14.2 Å². The van der Waals surface area contributed by atoms with Gasteiger partial charge in [0.05, 0.1) is 19.4 Å². The fraction of sp³-hybridized carbons (Fsp3) is 0.609. The lowest BCUT2D eigenvalue weighted by atomic mass is 9.81. The molecule has 4 atom stereocenters. The number of carbonyl (C=O) groups is 2. The Labute approximate surface area is 202 Å². The van der Waals surface area contributed by atoms with E-state index in [1.54, 1.807) is 6.92 Å². The highest BCUT2D eigenvalue weighted by atomic mass is 16.6. The number of amides is 1. The van der Waals surface area contributed by atoms with Crippen LogP contribution in [0.25, 0.3) is 11.2 Å². The minimum atomic E-state index is -1.42. The summed E-state index contributed by atoms with van der Waals surface area (Å²) in [5, 5.41) is 23.4. The third kappa shape index (κ3) is 5.07. The minimum absolute atomic E-state index is 0.0330. The number of nitrogens with one attached hydrogen (secondary N) is 1. The number of hydrogen-bond donors (Lipinski definition) is 4. The van der Waals surface area contributed by atoms with Gasteiger partial charge >= 0.3 is 5.97 Å². The highest BCUT2D eigenvalue weighted by molar-refractivity contribution is 5.83. The van der Waals surface area contributed by atoms with E-state index < -0.39 is 30.4 Å². The summed E-state index contributed by atoms with van der Waals surface area (Å²) in [6, 6.07) is 0. The molecule has 1 saturated heterocycles. The molecule has 5 N–H and O–H groups in total. The number of rotatable bonds is 5. The molecule has 4 rings (SSSR count). The van der Waals surface area contributed by atoms with Crippen LogP contribution in [0.5, 0.6) is 0 Å². The number of fused-ring (bicyclic) bond motifs is 1. The Morgan fingerprint density at radius 1 is 1.26 bits per heavy atom. The number of carbonyl (C=O) groups excluding carboxylic acids is 2. The van der Waals surface area contributed by atoms with Crippen molar-refractivity contribution in [3.63, 3.8) is 0 Å². The number of nitrogens with two attached hydrogens (primary N) is 1. The van der Waals surface area contributed by atoms with Gasteiger partial charge in [-0.05, 0) is 44.4 Å². The smallest absolute Gasteiger partial charge is 0.308 e. The molecule has 0 spiro atoms. The standard InChI is InChI=1S/C23H30N6O6/c1-3-25-21(32)18-16(30)17(31)22(35-18)29-11-26-15-19(24)27-14(28-20(15)29)6-4-5-12-7-9-13(10-8-12)23(33)34-2/h11-13,16-18,22,30-31H,3,5,7-10H2,1-2H3,(H,25,32)(H2,24,27,28)/t12-,13-,16?,17-,18-,22+/m0/s1. The molecule has 2 aromatic heterocycles. The molecule has 0 radical (unpaired) electrons. The van der Waals surface area contributed by atoms with Crippen LogP contribution in [-0.4, -0.2) is 73.6 Å². The predicted molar refractivity (Wildman–Crippen MR) is 123 cm³/mol. The molecule has 2 aliphatic rings. The average Bonchev–Trinajstić information content (AvgIpc) is 3.40. The fourth-order valence-corrected chi connectivity index (χ4v) is 4.60. The first-order valence-electron chi connectivity index (χ1n) is 11.7. The summed E-state index contributed by atoms with van der Waals surface area (Å²) in [4.78, 5) is 36.7. The second kappa shape index (κ2) is 10.6. The van der Waals surface area contributed by atoms with E-state index in [1.807, 2.05) is 0 Å². The van der Waals surface area contributed by atoms with Crippen LogP contribution in [0.15, 0.2) is 6.33 Å². The van der Waals surface area contributed by atoms with E-state index in [1.165, 1.54) is 18.0 Å². The van der Waals surface area contributed by atoms with E-state index in [9.17, 15) is 19.8 Å². The van der Waals surface area contributed by atoms with E-state index in [0.29, 0.717) is 24.4 Å². The normalized spacial score (nSPS) is 28.3. The maximum Gasteiger partial charge on any atom is 0.308 e. The van der Waals surface area contributed by atoms with Gasteiger partial charge in [0.2, 0.25) is 5.82 Å². The molecule has 1 amide bonds. The number of likely N-dealkylation sites (N-methyl/N-ethyl adjacent to an activating group) is 1. The summed E-state index contributed by atoms with van der Waals surface area (Å²) in [5.74, 6) is 6.02. The monoisotopic (exact) mass is 486 g/mol. The van der Waals surface area contributed by atoms with Crippen molar-refractivity contribution in [1.29, 1.82) is 0 Å². The number of aromatic nitrogens is 4. The summed E-state index contributed by atoms with van der Waals surface area (Å²) in [6.07, 6.45) is 0.253. The second-order valence-electron chi connectivity index (χ2n) is 8.83. The van der Waals surface area contributed by atoms with Crippen LogP contribution in [-0.2, 0) is 19.1 Å². The summed E-state index contributed by atoms with van der Waals surface area (Å²) in [6.45, 7) is 2.10. The largest absolute Gasteiger partial charge is 0.469 e. The molecular formula is C23H30N6O6. The van der Waals surface area contributed by atoms with Crippen LogP contribution >= 0.6 is 0 Å². The zero-order valence-electron chi connectivity index (χ0n) is 19.7. The Morgan fingerprint density at radius 3 is 2.69 bits per heavy atom. The van der Waals surface area contributed by atoms with Gasteiger partial charge in [-0.2, -0.15) is 0 Å². The van der Waals surface area contributed by atoms with Crippen LogP contribution in [0.4, 0.5) is 5.82 Å². The van der Waals surface area contributed by atoms with Gasteiger partial charge < -0.3 is 30.7 Å². The number of imidazole rings is 1. The summed E-state index contributed by atoms with van der Waals surface area (Å²) in [7, 11) is 1.41. The van der Waals surface area contributed by atoms with Crippen molar-refractivity contribution in [1.82, 2.24) is 24.8 Å². The van der Waals surface area contributed by atoms with Gasteiger partial charge in [0.25, 0.3) is 5.91 Å². The molecule has 1 saturated carbocycles. The van der Waals surface area contributed by atoms with E-state index in [2.05, 4.69) is 32.1 Å². The number of aliphatic hydroxyl groups is 2. The quantitative estimate of drug-likeness (QED) is 0.329. The topological polar surface area (TPSA) is 175 Å². The second-order valence-corrected chi connectivity index (χ2v) is 8.83. The van der Waals surface area contributed by atoms with Crippen LogP contribution < -0.4 is 11.1 Å². The first-order valence-corrected chi connectivity index (χ1v) is 11.7. The molecular weight excluding hydrogens is 456 g/mol. The van der Waals surface area contributed by atoms with Gasteiger partial charge in [0.15, 0.2) is 23.8 Å². The van der Waals surface area contributed by atoms with Gasteiger partial charge in [-0.15, -0.1) is 0 Å². The number of methoxy groups -OCH3 is 1. The molecule has 2 aromatic rings. The van der Waals surface area contributed by atoms with Crippen molar-refractivity contribution < 1.29 is 29.3 Å². The number of nitrogens with zero attached hydrogens (tertiary/aromatic N) is 4. The van der Waals surface area contributed by atoms with Gasteiger partial charge in [0, 0.05) is 13.0 Å². The van der Waals surface area contributed by atoms with Crippen LogP contribution in [0.3, 0.4) is 0 Å². The Hall–Kier alpha value is -3.27. The fourth-order valence-electron chi connectivity index (χ4n) is 4.60. The van der Waals surface area contributed by atoms with Gasteiger partial charge in [-0.1, -0.05) is 5.92 Å². The number of ether oxygens (including phenoxy) is 2. The summed E-state index contributed by atoms with van der Waals surface area (Å²) < 4.78 is 11.9. The zero-order chi connectivity index (χ0) is 25.1. The average molecular weight is 487 g/mol. The number of esters is 1. The van der Waals surface area contributed by atoms with Gasteiger partial charge in [-0.25, -0.2) is 15.0 Å². The van der Waals surface area contributed by atoms with E-state index in [-0.39, 0.29) is 29.2 Å². The number of aliphatic hydroxyl groups excluding tert-OH is 2. The van der Waals surface area contributed by atoms with Crippen LogP contribution in [0, 0.1) is 23.7 Å². The van der Waals surface area contributed by atoms with Crippen molar-refractivity contribution in [3.05, 3.63) is 12.2 Å². The third-order valence-electron chi connectivity index (χ3n) is 6.54. The maximum atomic E-state index is 12.2. The minimum Gasteiger partial charge on any atom is -0.469 e. The van der Waals surface area contributed by atoms with E-state index in [0.717, 1.165) is 25.7 Å². The Balaban J connectivity index is 1.49. The molecule has 1 unspecified atom stereocenters. The van der Waals surface area contributed by atoms with Crippen molar-refractivity contribution in [2.75, 3.05) is 19.4 Å². The predicted octanol–water partition coefficient (Wildman–Crippen LogP) is -0.115. The summed E-state index contributed by atoms with van der Waals surface area (Å²) >= 11 is 0. The molecule has 1 aliphatic carbocycles. The highest BCUT2D eigenvalue weighted by Crippen LogP contribution is 2.33. The SMILES string of the molecule is CCNC(=O)[C@H]1O[C@@H](n2cnc3c(N)nc(C#CC[C@H]4CC[C@H](C(=O)OC)CC4)nc32)[C@@H](O)C1O. The molecule has 2 fully saturated rings. The van der Waals surface area contributed by atoms with Gasteiger partial charge in [0.1, 0.15) is 17.7 Å². The van der Waals surface area contributed by atoms with Crippen LogP contribution in [0.2, 0.25) is 0 Å². The molecule has 12 heteroatoms. The molecule has 3 heterocycles. The molecule has 12 nitrogen and oxygen atoms in total. The lowest BCUT2D eigenvalue weighted by Gasteiger charge is -2.25. The van der Waals surface area contributed by atoms with Crippen molar-refractivity contribution in [2.45, 2.75) is 63.6 Å². The molecule has 188 valence electrons. The third-order valence-corrected chi connectivity index (χ3v) is 6.54. The molecule has 1 aliphatic heterocycles. The first-order chi connectivity index (χ1) is 16.8. The number of hydrogen-bond acceptors (Lipinski definition) is 10. The Bertz CT molecular complexity index is 1150.